The highest BCUT2D eigenvalue weighted by Gasteiger charge is 2.13. The molecule has 1 saturated carbocycles. The zero-order chi connectivity index (χ0) is 14.9. The van der Waals surface area contributed by atoms with E-state index in [9.17, 15) is 5.11 Å². The molecule has 1 aromatic carbocycles. The molecule has 2 N–H and O–H groups in total. The maximum Gasteiger partial charge on any atom is 0.162 e. The first-order valence-corrected chi connectivity index (χ1v) is 7.98. The number of methoxy groups -OCH3 is 1. The van der Waals surface area contributed by atoms with Crippen LogP contribution in [0.2, 0.25) is 0 Å². The van der Waals surface area contributed by atoms with Crippen molar-refractivity contribution in [1.29, 1.82) is 0 Å². The van der Waals surface area contributed by atoms with Gasteiger partial charge in [0.25, 0.3) is 0 Å². The highest BCUT2D eigenvalue weighted by Crippen LogP contribution is 2.29. The average Bonchev–Trinajstić information content (AvgIpc) is 2.53. The van der Waals surface area contributed by atoms with Crippen LogP contribution in [0.4, 0.5) is 0 Å². The molecule has 0 spiro atoms. The van der Waals surface area contributed by atoms with Crippen LogP contribution in [-0.2, 0) is 11.3 Å². The second-order valence-corrected chi connectivity index (χ2v) is 5.63. The van der Waals surface area contributed by atoms with E-state index in [1.54, 1.807) is 13.2 Å². The van der Waals surface area contributed by atoms with Crippen LogP contribution in [0.3, 0.4) is 0 Å². The van der Waals surface area contributed by atoms with Crippen molar-refractivity contribution in [2.75, 3.05) is 20.3 Å². The largest absolute Gasteiger partial charge is 0.504 e. The average molecular weight is 293 g/mol. The van der Waals surface area contributed by atoms with E-state index >= 15 is 0 Å². The second kappa shape index (κ2) is 8.90. The van der Waals surface area contributed by atoms with E-state index in [1.807, 2.05) is 12.1 Å². The molecule has 0 saturated heterocycles. The molecule has 4 nitrogen and oxygen atoms in total. The molecule has 2 rings (SSSR count). The molecule has 0 unspecified atom stereocenters. The number of hydrogen-bond acceptors (Lipinski definition) is 4. The molecule has 0 amide bonds. The van der Waals surface area contributed by atoms with Gasteiger partial charge in [-0.15, -0.1) is 0 Å². The topological polar surface area (TPSA) is 50.7 Å². The third-order valence-corrected chi connectivity index (χ3v) is 4.02. The summed E-state index contributed by atoms with van der Waals surface area (Å²) in [5.41, 5.74) is 0.863. The highest BCUT2D eigenvalue weighted by molar-refractivity contribution is 5.45. The molecular formula is C17H27NO3. The SMILES string of the molecule is COc1cccc(CNCCCOC2CCCCC2)c1O. The number of aromatic hydroxyl groups is 1. The van der Waals surface area contributed by atoms with Gasteiger partial charge in [0.2, 0.25) is 0 Å². The van der Waals surface area contributed by atoms with Crippen molar-refractivity contribution in [2.24, 2.45) is 0 Å². The Bertz CT molecular complexity index is 416. The lowest BCUT2D eigenvalue weighted by Crippen LogP contribution is -2.20. The van der Waals surface area contributed by atoms with Gasteiger partial charge in [-0.3, -0.25) is 0 Å². The lowest BCUT2D eigenvalue weighted by atomic mass is 9.98. The molecule has 118 valence electrons. The van der Waals surface area contributed by atoms with Gasteiger partial charge in [0.15, 0.2) is 11.5 Å². The summed E-state index contributed by atoms with van der Waals surface area (Å²) < 4.78 is 11.0. The third-order valence-electron chi connectivity index (χ3n) is 4.02. The summed E-state index contributed by atoms with van der Waals surface area (Å²) in [6, 6.07) is 5.56. The van der Waals surface area contributed by atoms with Crippen molar-refractivity contribution >= 4 is 0 Å². The number of phenols is 1. The predicted molar refractivity (Wildman–Crippen MR) is 83.8 cm³/mol. The van der Waals surface area contributed by atoms with Crippen LogP contribution in [-0.4, -0.2) is 31.5 Å². The van der Waals surface area contributed by atoms with Crippen LogP contribution in [0.25, 0.3) is 0 Å². The Morgan fingerprint density at radius 2 is 2.05 bits per heavy atom. The molecule has 1 aliphatic rings. The number of phenolic OH excluding ortho intramolecular Hbond substituents is 1. The van der Waals surface area contributed by atoms with Gasteiger partial charge >= 0.3 is 0 Å². The minimum atomic E-state index is 0.228. The Kier molecular flexibility index (Phi) is 6.83. The van der Waals surface area contributed by atoms with Crippen LogP contribution in [0.1, 0.15) is 44.1 Å². The van der Waals surface area contributed by atoms with Crippen molar-refractivity contribution < 1.29 is 14.6 Å². The van der Waals surface area contributed by atoms with Crippen LogP contribution in [0, 0.1) is 0 Å². The summed E-state index contributed by atoms with van der Waals surface area (Å²) in [7, 11) is 1.56. The van der Waals surface area contributed by atoms with Gasteiger partial charge in [0, 0.05) is 18.7 Å². The number of hydrogen-bond donors (Lipinski definition) is 2. The predicted octanol–water partition coefficient (Wildman–Crippen LogP) is 3.23. The van der Waals surface area contributed by atoms with Gasteiger partial charge in [-0.25, -0.2) is 0 Å². The fourth-order valence-electron chi connectivity index (χ4n) is 2.78. The first-order valence-electron chi connectivity index (χ1n) is 7.98. The molecule has 4 heteroatoms. The monoisotopic (exact) mass is 293 g/mol. The van der Waals surface area contributed by atoms with Crippen LogP contribution in [0.5, 0.6) is 11.5 Å². The molecule has 0 radical (unpaired) electrons. The summed E-state index contributed by atoms with van der Waals surface area (Å²) in [5, 5.41) is 13.3. The summed E-state index contributed by atoms with van der Waals surface area (Å²) in [6.07, 6.45) is 7.94. The van der Waals surface area contributed by atoms with E-state index in [-0.39, 0.29) is 5.75 Å². The summed E-state index contributed by atoms with van der Waals surface area (Å²) >= 11 is 0. The molecule has 1 aromatic rings. The first kappa shape index (κ1) is 16.1. The number of benzene rings is 1. The highest BCUT2D eigenvalue weighted by atomic mass is 16.5. The van der Waals surface area contributed by atoms with Gasteiger partial charge in [-0.1, -0.05) is 31.4 Å². The molecule has 0 aliphatic heterocycles. The first-order chi connectivity index (χ1) is 10.3. The normalized spacial score (nSPS) is 16.0. The van der Waals surface area contributed by atoms with Crippen molar-refractivity contribution in [3.8, 4) is 11.5 Å². The zero-order valence-corrected chi connectivity index (χ0v) is 12.9. The minimum Gasteiger partial charge on any atom is -0.504 e. The van der Waals surface area contributed by atoms with E-state index in [0.29, 0.717) is 18.4 Å². The zero-order valence-electron chi connectivity index (χ0n) is 12.9. The Morgan fingerprint density at radius 3 is 2.81 bits per heavy atom. The van der Waals surface area contributed by atoms with Crippen LogP contribution < -0.4 is 10.1 Å². The lowest BCUT2D eigenvalue weighted by Gasteiger charge is -2.21. The van der Waals surface area contributed by atoms with Crippen LogP contribution >= 0.6 is 0 Å². The number of nitrogens with one attached hydrogen (secondary N) is 1. The summed E-state index contributed by atoms with van der Waals surface area (Å²) in [4.78, 5) is 0. The fraction of sp³-hybridized carbons (Fsp3) is 0.647. The maximum absolute atomic E-state index is 9.97. The molecule has 1 fully saturated rings. The Hall–Kier alpha value is -1.26. The maximum atomic E-state index is 9.97. The van der Waals surface area contributed by atoms with Gasteiger partial charge in [-0.05, 0) is 31.9 Å². The quantitative estimate of drug-likeness (QED) is 0.723. The molecule has 0 aromatic heterocycles. The molecule has 1 aliphatic carbocycles. The van der Waals surface area contributed by atoms with Gasteiger partial charge < -0.3 is 19.9 Å². The van der Waals surface area contributed by atoms with E-state index in [2.05, 4.69) is 5.32 Å². The van der Waals surface area contributed by atoms with Crippen molar-refractivity contribution in [3.05, 3.63) is 23.8 Å². The number of rotatable bonds is 8. The third kappa shape index (κ3) is 5.21. The number of para-hydroxylation sites is 1. The van der Waals surface area contributed by atoms with Gasteiger partial charge in [0.1, 0.15) is 0 Å². The second-order valence-electron chi connectivity index (χ2n) is 5.63. The molecule has 0 heterocycles. The standard InChI is InChI=1S/C17H27NO3/c1-20-16-10-5-7-14(17(16)19)13-18-11-6-12-21-15-8-3-2-4-9-15/h5,7,10,15,18-19H,2-4,6,8-9,11-13H2,1H3. The van der Waals surface area contributed by atoms with Crippen molar-refractivity contribution in [2.45, 2.75) is 51.2 Å². The van der Waals surface area contributed by atoms with Crippen LogP contribution in [0.15, 0.2) is 18.2 Å². The Balaban J connectivity index is 1.59. The Morgan fingerprint density at radius 1 is 1.24 bits per heavy atom. The smallest absolute Gasteiger partial charge is 0.162 e. The van der Waals surface area contributed by atoms with E-state index in [1.165, 1.54) is 32.1 Å². The molecule has 0 bridgehead atoms. The van der Waals surface area contributed by atoms with Gasteiger partial charge in [-0.2, -0.15) is 0 Å². The van der Waals surface area contributed by atoms with Crippen molar-refractivity contribution in [3.63, 3.8) is 0 Å². The molecule has 0 atom stereocenters. The minimum absolute atomic E-state index is 0.228. The number of ether oxygens (including phenoxy) is 2. The van der Waals surface area contributed by atoms with Gasteiger partial charge in [0.05, 0.1) is 13.2 Å². The van der Waals surface area contributed by atoms with Crippen molar-refractivity contribution in [1.82, 2.24) is 5.32 Å². The van der Waals surface area contributed by atoms with E-state index in [4.69, 9.17) is 9.47 Å². The van der Waals surface area contributed by atoms with E-state index < -0.39 is 0 Å². The fourth-order valence-corrected chi connectivity index (χ4v) is 2.78. The Labute approximate surface area is 127 Å². The molecule has 21 heavy (non-hydrogen) atoms. The lowest BCUT2D eigenvalue weighted by molar-refractivity contribution is 0.0273. The summed E-state index contributed by atoms with van der Waals surface area (Å²) in [6.45, 7) is 2.36. The van der Waals surface area contributed by atoms with E-state index in [0.717, 1.165) is 25.1 Å². The summed E-state index contributed by atoms with van der Waals surface area (Å²) in [5.74, 6) is 0.751. The molecular weight excluding hydrogens is 266 g/mol.